The Kier molecular flexibility index (Phi) is 25.7. The van der Waals surface area contributed by atoms with Gasteiger partial charge in [0.25, 0.3) is 0 Å². The Hall–Kier alpha value is 0.250. The van der Waals surface area contributed by atoms with Gasteiger partial charge in [0.2, 0.25) is 0 Å². The average molecular weight is 362 g/mol. The highest BCUT2D eigenvalue weighted by Gasteiger charge is 1.96. The Morgan fingerprint density at radius 3 is 0.917 bits per heavy atom. The highest BCUT2D eigenvalue weighted by Crippen LogP contribution is 2.14. The third-order valence-corrected chi connectivity index (χ3v) is 5.03. The monoisotopic (exact) mass is 361 g/mol. The number of halogens is 1. The van der Waals surface area contributed by atoms with Gasteiger partial charge in [-0.05, 0) is 12.8 Å². The molecule has 2 heteroatoms. The number of hydrogen-bond donors (Lipinski definition) is 1. The van der Waals surface area contributed by atoms with E-state index in [2.05, 4.69) is 21.0 Å². The van der Waals surface area contributed by atoms with Gasteiger partial charge >= 0.3 is 0 Å². The van der Waals surface area contributed by atoms with Crippen LogP contribution in [0.3, 0.4) is 0 Å². The van der Waals surface area contributed by atoms with Gasteiger partial charge in [0.1, 0.15) is 0 Å². The van der Waals surface area contributed by atoms with Crippen molar-refractivity contribution in [1.29, 1.82) is 0 Å². The van der Waals surface area contributed by atoms with Crippen molar-refractivity contribution in [2.45, 2.75) is 122 Å². The molecule has 148 valence electrons. The Balaban J connectivity index is 0. The summed E-state index contributed by atoms with van der Waals surface area (Å²) in [5.74, 6) is 0. The lowest BCUT2D eigenvalue weighted by atomic mass is 10.0. The molecule has 0 rings (SSSR count). The summed E-state index contributed by atoms with van der Waals surface area (Å²) in [5.41, 5.74) is 0. The molecule has 0 aliphatic rings. The number of nitrogens with one attached hydrogen (secondary N) is 1. The molecule has 0 atom stereocenters. The lowest BCUT2D eigenvalue weighted by Crippen LogP contribution is -3.05. The van der Waals surface area contributed by atoms with E-state index in [-0.39, 0.29) is 12.4 Å². The van der Waals surface area contributed by atoms with E-state index in [9.17, 15) is 0 Å². The Labute approximate surface area is 160 Å². The molecular weight excluding hydrogens is 314 g/mol. The minimum Gasteiger partial charge on any atom is -1.00 e. The zero-order valence-corrected chi connectivity index (χ0v) is 18.1. The first kappa shape index (κ1) is 26.5. The summed E-state index contributed by atoms with van der Waals surface area (Å²) >= 11 is 0. The first-order valence-corrected chi connectivity index (χ1v) is 11.1. The minimum absolute atomic E-state index is 0. The summed E-state index contributed by atoms with van der Waals surface area (Å²) in [6.07, 6.45) is 26.4. The zero-order chi connectivity index (χ0) is 17.0. The first-order valence-electron chi connectivity index (χ1n) is 11.1. The van der Waals surface area contributed by atoms with Crippen molar-refractivity contribution in [2.75, 3.05) is 20.6 Å². The third-order valence-electron chi connectivity index (χ3n) is 5.03. The van der Waals surface area contributed by atoms with Crippen molar-refractivity contribution in [1.82, 2.24) is 0 Å². The fourth-order valence-electron chi connectivity index (χ4n) is 3.38. The topological polar surface area (TPSA) is 4.44 Å². The van der Waals surface area contributed by atoms with E-state index in [0.717, 1.165) is 0 Å². The Bertz CT molecular complexity index is 206. The molecule has 0 saturated heterocycles. The lowest BCUT2D eigenvalue weighted by molar-refractivity contribution is -0.858. The maximum atomic E-state index is 2.30. The van der Waals surface area contributed by atoms with Crippen molar-refractivity contribution in [3.8, 4) is 0 Å². The molecule has 0 heterocycles. The molecule has 0 fully saturated rings. The molecule has 0 aliphatic carbocycles. The molecule has 0 amide bonds. The quantitative estimate of drug-likeness (QED) is 0.337. The van der Waals surface area contributed by atoms with Gasteiger partial charge in [0.15, 0.2) is 0 Å². The Morgan fingerprint density at radius 2 is 0.667 bits per heavy atom. The molecule has 0 unspecified atom stereocenters. The normalized spacial score (nSPS) is 11.0. The highest BCUT2D eigenvalue weighted by molar-refractivity contribution is 4.50. The predicted molar refractivity (Wildman–Crippen MR) is 106 cm³/mol. The SMILES string of the molecule is CCCCCCCCCCCCCCCCCCCC[NH+](C)C.[Cl-]. The molecule has 0 aromatic carbocycles. The molecule has 24 heavy (non-hydrogen) atoms. The fraction of sp³-hybridized carbons (Fsp3) is 1.00. The molecular formula is C22H48ClN. The number of hydrogen-bond acceptors (Lipinski definition) is 0. The highest BCUT2D eigenvalue weighted by atomic mass is 35.5. The lowest BCUT2D eigenvalue weighted by Gasteiger charge is -2.06. The standard InChI is InChI=1S/C22H47N.ClH/c1-4-5-6-7-8-9-10-11-12-13-14-15-16-17-18-19-20-21-22-23(2)3;/h4-22H2,1-3H3;1H. The van der Waals surface area contributed by atoms with Crippen LogP contribution in [0.15, 0.2) is 0 Å². The van der Waals surface area contributed by atoms with Gasteiger partial charge in [0.05, 0.1) is 20.6 Å². The van der Waals surface area contributed by atoms with Crippen molar-refractivity contribution < 1.29 is 17.3 Å². The summed E-state index contributed by atoms with van der Waals surface area (Å²) < 4.78 is 0. The van der Waals surface area contributed by atoms with Crippen LogP contribution in [0.25, 0.3) is 0 Å². The number of unbranched alkanes of at least 4 members (excludes halogenated alkanes) is 17. The second-order valence-corrected chi connectivity index (χ2v) is 7.97. The third kappa shape index (κ3) is 24.5. The molecule has 1 nitrogen and oxygen atoms in total. The number of quaternary nitrogens is 1. The zero-order valence-electron chi connectivity index (χ0n) is 17.3. The van der Waals surface area contributed by atoms with Gasteiger partial charge in [-0.3, -0.25) is 0 Å². The number of rotatable bonds is 19. The summed E-state index contributed by atoms with van der Waals surface area (Å²) in [4.78, 5) is 1.60. The van der Waals surface area contributed by atoms with Gasteiger partial charge in [-0.25, -0.2) is 0 Å². The van der Waals surface area contributed by atoms with Gasteiger partial charge in [-0.15, -0.1) is 0 Å². The van der Waals surface area contributed by atoms with Crippen LogP contribution in [0, 0.1) is 0 Å². The Morgan fingerprint density at radius 1 is 0.417 bits per heavy atom. The largest absolute Gasteiger partial charge is 1.00 e. The van der Waals surface area contributed by atoms with Crippen LogP contribution in [-0.4, -0.2) is 20.6 Å². The molecule has 0 aromatic rings. The maximum absolute atomic E-state index is 2.30. The molecule has 0 aromatic heterocycles. The van der Waals surface area contributed by atoms with Crippen molar-refractivity contribution in [3.05, 3.63) is 0 Å². The first-order chi connectivity index (χ1) is 11.3. The maximum Gasteiger partial charge on any atom is 0.0766 e. The smallest absolute Gasteiger partial charge is 0.0766 e. The van der Waals surface area contributed by atoms with Crippen LogP contribution < -0.4 is 17.3 Å². The van der Waals surface area contributed by atoms with Crippen molar-refractivity contribution in [3.63, 3.8) is 0 Å². The van der Waals surface area contributed by atoms with E-state index in [0.29, 0.717) is 0 Å². The summed E-state index contributed by atoms with van der Waals surface area (Å²) in [6.45, 7) is 3.64. The van der Waals surface area contributed by atoms with Crippen LogP contribution >= 0.6 is 0 Å². The van der Waals surface area contributed by atoms with Gasteiger partial charge in [0, 0.05) is 0 Å². The van der Waals surface area contributed by atoms with Crippen LogP contribution in [0.4, 0.5) is 0 Å². The van der Waals surface area contributed by atoms with Gasteiger partial charge < -0.3 is 17.3 Å². The second kappa shape index (κ2) is 23.2. The molecule has 0 spiro atoms. The van der Waals surface area contributed by atoms with Gasteiger partial charge in [-0.2, -0.15) is 0 Å². The average Bonchev–Trinajstić information content (AvgIpc) is 2.53. The van der Waals surface area contributed by atoms with E-state index in [1.165, 1.54) is 122 Å². The van der Waals surface area contributed by atoms with E-state index in [1.807, 2.05) is 0 Å². The summed E-state index contributed by atoms with van der Waals surface area (Å²) in [5, 5.41) is 0. The molecule has 1 N–H and O–H groups in total. The van der Waals surface area contributed by atoms with Crippen LogP contribution in [-0.2, 0) is 0 Å². The molecule has 0 bridgehead atoms. The van der Waals surface area contributed by atoms with E-state index < -0.39 is 0 Å². The molecule has 0 aliphatic heterocycles. The van der Waals surface area contributed by atoms with Gasteiger partial charge in [-0.1, -0.05) is 110 Å². The minimum atomic E-state index is 0. The van der Waals surface area contributed by atoms with Crippen molar-refractivity contribution >= 4 is 0 Å². The molecule has 0 radical (unpaired) electrons. The fourth-order valence-corrected chi connectivity index (χ4v) is 3.38. The van der Waals surface area contributed by atoms with E-state index >= 15 is 0 Å². The van der Waals surface area contributed by atoms with E-state index in [1.54, 1.807) is 4.90 Å². The van der Waals surface area contributed by atoms with E-state index in [4.69, 9.17) is 0 Å². The second-order valence-electron chi connectivity index (χ2n) is 7.97. The van der Waals surface area contributed by atoms with Crippen molar-refractivity contribution in [2.24, 2.45) is 0 Å². The molecule has 0 saturated carbocycles. The predicted octanol–water partition coefficient (Wildman–Crippen LogP) is 3.18. The van der Waals surface area contributed by atoms with Crippen LogP contribution in [0.2, 0.25) is 0 Å². The van der Waals surface area contributed by atoms with Crippen LogP contribution in [0.5, 0.6) is 0 Å². The summed E-state index contributed by atoms with van der Waals surface area (Å²) in [6, 6.07) is 0. The van der Waals surface area contributed by atoms with Crippen LogP contribution in [0.1, 0.15) is 122 Å². The summed E-state index contributed by atoms with van der Waals surface area (Å²) in [7, 11) is 4.52.